The van der Waals surface area contributed by atoms with Crippen LogP contribution >= 0.6 is 11.6 Å². The highest BCUT2D eigenvalue weighted by atomic mass is 35.5. The molecule has 1 heterocycles. The molecule has 0 aliphatic rings. The monoisotopic (exact) mass is 417 g/mol. The van der Waals surface area contributed by atoms with Gasteiger partial charge in [-0.05, 0) is 13.0 Å². The van der Waals surface area contributed by atoms with E-state index < -0.39 is 57.0 Å². The van der Waals surface area contributed by atoms with E-state index in [9.17, 15) is 27.2 Å². The summed E-state index contributed by atoms with van der Waals surface area (Å²) in [5.74, 6) is -8.55. The highest BCUT2D eigenvalue weighted by Crippen LogP contribution is 2.35. The minimum Gasteiger partial charge on any atom is -0.463 e. The summed E-state index contributed by atoms with van der Waals surface area (Å²) in [5, 5.41) is 0.787. The summed E-state index contributed by atoms with van der Waals surface area (Å²) in [5.41, 5.74) is 2.80. The maximum atomic E-state index is 14.4. The lowest BCUT2D eigenvalue weighted by Crippen LogP contribution is -2.12. The maximum absolute atomic E-state index is 14.4. The van der Waals surface area contributed by atoms with Gasteiger partial charge in [0.05, 0.1) is 29.7 Å². The number of ketones is 1. The van der Waals surface area contributed by atoms with E-state index in [1.165, 1.54) is 6.92 Å². The van der Waals surface area contributed by atoms with Crippen LogP contribution in [-0.4, -0.2) is 23.3 Å². The number of halogens is 5. The SMILES string of the molecule is CCOC(=O)/C=C/C(=O)c1c(F)c(Cl)c(F)c(F)c1Nc1cc(N)ncc1F. The van der Waals surface area contributed by atoms with Gasteiger partial charge in [0.2, 0.25) is 0 Å². The number of ether oxygens (including phenoxy) is 1. The van der Waals surface area contributed by atoms with Crippen molar-refractivity contribution in [2.75, 3.05) is 17.7 Å². The van der Waals surface area contributed by atoms with Crippen molar-refractivity contribution in [3.63, 3.8) is 0 Å². The van der Waals surface area contributed by atoms with Gasteiger partial charge in [0.15, 0.2) is 29.1 Å². The minimum atomic E-state index is -1.80. The second-order valence-electron chi connectivity index (χ2n) is 5.17. The second-order valence-corrected chi connectivity index (χ2v) is 5.55. The number of nitrogens with zero attached hydrogens (tertiary/aromatic N) is 1. The molecule has 0 amide bonds. The van der Waals surface area contributed by atoms with Crippen molar-refractivity contribution >= 4 is 40.5 Å². The lowest BCUT2D eigenvalue weighted by atomic mass is 10.1. The van der Waals surface area contributed by atoms with Crippen molar-refractivity contribution in [1.29, 1.82) is 0 Å². The molecule has 0 bridgehead atoms. The Labute approximate surface area is 160 Å². The number of nitrogens with one attached hydrogen (secondary N) is 1. The fourth-order valence-corrected chi connectivity index (χ4v) is 2.26. The molecular formula is C17H12ClF4N3O3. The molecule has 0 saturated heterocycles. The van der Waals surface area contributed by atoms with Crippen LogP contribution in [0.2, 0.25) is 5.02 Å². The molecule has 6 nitrogen and oxygen atoms in total. The Hall–Kier alpha value is -3.14. The number of allylic oxidation sites excluding steroid dienone is 1. The highest BCUT2D eigenvalue weighted by Gasteiger charge is 2.28. The van der Waals surface area contributed by atoms with Crippen molar-refractivity contribution in [1.82, 2.24) is 4.98 Å². The van der Waals surface area contributed by atoms with Crippen molar-refractivity contribution in [3.05, 3.63) is 58.3 Å². The molecule has 0 saturated carbocycles. The molecule has 0 unspecified atom stereocenters. The molecule has 1 aromatic heterocycles. The number of hydrogen-bond acceptors (Lipinski definition) is 6. The van der Waals surface area contributed by atoms with E-state index in [1.54, 1.807) is 0 Å². The number of esters is 1. The molecule has 28 heavy (non-hydrogen) atoms. The lowest BCUT2D eigenvalue weighted by molar-refractivity contribution is -0.137. The number of carbonyl (C=O) groups is 2. The standard InChI is InChI=1S/C17H12ClF4N3O3/c1-2-28-11(27)4-3-9(26)12-14(20)13(18)15(21)16(22)17(12)25-8-5-10(23)24-6-7(8)19/h3-6H,2H2,1H3,(H3,23,24,25)/b4-3+. The van der Waals surface area contributed by atoms with Crippen molar-refractivity contribution < 1.29 is 31.9 Å². The molecule has 0 radical (unpaired) electrons. The van der Waals surface area contributed by atoms with Gasteiger partial charge < -0.3 is 15.8 Å². The van der Waals surface area contributed by atoms with Crippen LogP contribution < -0.4 is 11.1 Å². The molecule has 2 aromatic rings. The fourth-order valence-electron chi connectivity index (χ4n) is 2.08. The number of hydrogen-bond donors (Lipinski definition) is 2. The van der Waals surface area contributed by atoms with Crippen molar-refractivity contribution in [2.45, 2.75) is 6.92 Å². The first-order valence-electron chi connectivity index (χ1n) is 7.60. The highest BCUT2D eigenvalue weighted by molar-refractivity contribution is 6.31. The van der Waals surface area contributed by atoms with E-state index in [0.29, 0.717) is 18.3 Å². The first-order valence-corrected chi connectivity index (χ1v) is 7.98. The van der Waals surface area contributed by atoms with E-state index in [0.717, 1.165) is 6.07 Å². The number of aromatic nitrogens is 1. The van der Waals surface area contributed by atoms with Gasteiger partial charge in [-0.1, -0.05) is 11.6 Å². The molecule has 11 heteroatoms. The van der Waals surface area contributed by atoms with Gasteiger partial charge >= 0.3 is 5.97 Å². The van der Waals surface area contributed by atoms with Crippen LogP contribution in [0.25, 0.3) is 0 Å². The van der Waals surface area contributed by atoms with Crippen molar-refractivity contribution in [2.24, 2.45) is 0 Å². The number of pyridine rings is 1. The van der Waals surface area contributed by atoms with Gasteiger partial charge in [-0.3, -0.25) is 4.79 Å². The van der Waals surface area contributed by atoms with Crippen LogP contribution in [0.3, 0.4) is 0 Å². The molecule has 0 spiro atoms. The predicted molar refractivity (Wildman–Crippen MR) is 93.3 cm³/mol. The lowest BCUT2D eigenvalue weighted by Gasteiger charge is -2.15. The Bertz CT molecular complexity index is 983. The van der Waals surface area contributed by atoms with Crippen LogP contribution in [0.1, 0.15) is 17.3 Å². The van der Waals surface area contributed by atoms with E-state index in [-0.39, 0.29) is 12.4 Å². The smallest absolute Gasteiger partial charge is 0.330 e. The van der Waals surface area contributed by atoms with Gasteiger partial charge in [-0.2, -0.15) is 0 Å². The third-order valence-electron chi connectivity index (χ3n) is 3.31. The van der Waals surface area contributed by atoms with Crippen LogP contribution in [-0.2, 0) is 9.53 Å². The first kappa shape index (κ1) is 21.2. The number of carbonyl (C=O) groups excluding carboxylic acids is 2. The largest absolute Gasteiger partial charge is 0.463 e. The van der Waals surface area contributed by atoms with Crippen LogP contribution in [0, 0.1) is 23.3 Å². The Balaban J connectivity index is 2.59. The Morgan fingerprint density at radius 2 is 1.89 bits per heavy atom. The molecule has 3 N–H and O–H groups in total. The fraction of sp³-hybridized carbons (Fsp3) is 0.118. The summed E-state index contributed by atoms with van der Waals surface area (Å²) >= 11 is 5.39. The van der Waals surface area contributed by atoms with Gasteiger partial charge in [-0.25, -0.2) is 27.3 Å². The maximum Gasteiger partial charge on any atom is 0.330 e. The van der Waals surface area contributed by atoms with Crippen molar-refractivity contribution in [3.8, 4) is 0 Å². The molecule has 148 valence electrons. The van der Waals surface area contributed by atoms with Gasteiger partial charge in [-0.15, -0.1) is 0 Å². The Kier molecular flexibility index (Phi) is 6.57. The van der Waals surface area contributed by atoms with Gasteiger partial charge in [0, 0.05) is 12.1 Å². The summed E-state index contributed by atoms with van der Waals surface area (Å²) in [6.07, 6.45) is 1.92. The predicted octanol–water partition coefficient (Wildman–Crippen LogP) is 3.92. The number of nitrogen functional groups attached to an aromatic ring is 1. The average Bonchev–Trinajstić information content (AvgIpc) is 2.65. The van der Waals surface area contributed by atoms with E-state index in [2.05, 4.69) is 15.0 Å². The summed E-state index contributed by atoms with van der Waals surface area (Å²) < 4.78 is 61.1. The number of benzene rings is 1. The molecule has 0 aliphatic carbocycles. The zero-order chi connectivity index (χ0) is 21.0. The van der Waals surface area contributed by atoms with Crippen LogP contribution in [0.4, 0.5) is 34.8 Å². The summed E-state index contributed by atoms with van der Waals surface area (Å²) in [6, 6.07) is 0.919. The summed E-state index contributed by atoms with van der Waals surface area (Å²) in [4.78, 5) is 27.1. The zero-order valence-corrected chi connectivity index (χ0v) is 14.9. The summed E-state index contributed by atoms with van der Waals surface area (Å²) in [7, 11) is 0. The number of rotatable bonds is 6. The Morgan fingerprint density at radius 3 is 2.54 bits per heavy atom. The zero-order valence-electron chi connectivity index (χ0n) is 14.2. The first-order chi connectivity index (χ1) is 13.2. The number of anilines is 3. The quantitative estimate of drug-likeness (QED) is 0.185. The number of nitrogens with two attached hydrogens (primary N) is 1. The van der Waals surface area contributed by atoms with Crippen LogP contribution in [0.15, 0.2) is 24.4 Å². The van der Waals surface area contributed by atoms with E-state index >= 15 is 0 Å². The van der Waals surface area contributed by atoms with E-state index in [4.69, 9.17) is 17.3 Å². The minimum absolute atomic E-state index is 0.0122. The average molecular weight is 418 g/mol. The molecule has 0 atom stereocenters. The second kappa shape index (κ2) is 8.70. The van der Waals surface area contributed by atoms with Gasteiger partial charge in [0.1, 0.15) is 10.8 Å². The molecule has 2 rings (SSSR count). The normalized spacial score (nSPS) is 10.9. The van der Waals surface area contributed by atoms with Gasteiger partial charge in [0.25, 0.3) is 0 Å². The third kappa shape index (κ3) is 4.39. The van der Waals surface area contributed by atoms with E-state index in [1.807, 2.05) is 0 Å². The molecule has 0 fully saturated rings. The summed E-state index contributed by atoms with van der Waals surface area (Å²) in [6.45, 7) is 1.53. The topological polar surface area (TPSA) is 94.3 Å². The van der Waals surface area contributed by atoms with Crippen LogP contribution in [0.5, 0.6) is 0 Å². The molecular weight excluding hydrogens is 406 g/mol. The third-order valence-corrected chi connectivity index (χ3v) is 3.64. The Morgan fingerprint density at radius 1 is 1.21 bits per heavy atom. The molecule has 0 aliphatic heterocycles. The molecule has 1 aromatic carbocycles.